The fourth-order valence-electron chi connectivity index (χ4n) is 4.16. The van der Waals surface area contributed by atoms with Crippen LogP contribution in [0.3, 0.4) is 0 Å². The molecule has 8 nitrogen and oxygen atoms in total. The van der Waals surface area contributed by atoms with Crippen molar-refractivity contribution in [2.24, 2.45) is 5.92 Å². The Morgan fingerprint density at radius 2 is 1.89 bits per heavy atom. The van der Waals surface area contributed by atoms with Gasteiger partial charge in [-0.3, -0.25) is 14.4 Å². The Hall–Kier alpha value is -2.77. The van der Waals surface area contributed by atoms with E-state index >= 15 is 0 Å². The first kappa shape index (κ1) is 20.0. The van der Waals surface area contributed by atoms with Crippen LogP contribution in [0.25, 0.3) is 0 Å². The molecule has 1 saturated heterocycles. The van der Waals surface area contributed by atoms with Crippen molar-refractivity contribution in [3.8, 4) is 11.5 Å². The van der Waals surface area contributed by atoms with Gasteiger partial charge in [-0.1, -0.05) is 0 Å². The van der Waals surface area contributed by atoms with Gasteiger partial charge in [-0.25, -0.2) is 0 Å². The van der Waals surface area contributed by atoms with Gasteiger partial charge in [0.1, 0.15) is 0 Å². The number of likely N-dealkylation sites (tertiary alicyclic amines) is 1. The van der Waals surface area contributed by atoms with Crippen molar-refractivity contribution in [3.05, 3.63) is 23.3 Å². The molecule has 2 aliphatic heterocycles. The van der Waals surface area contributed by atoms with Gasteiger partial charge < -0.3 is 24.4 Å². The molecule has 2 atom stereocenters. The Morgan fingerprint density at radius 3 is 2.46 bits per heavy atom. The smallest absolute Gasteiger partial charge is 0.305 e. The van der Waals surface area contributed by atoms with Crippen LogP contribution < -0.4 is 9.47 Å². The number of carboxylic acid groups (broad SMARTS) is 1. The van der Waals surface area contributed by atoms with Crippen molar-refractivity contribution in [1.82, 2.24) is 9.80 Å². The summed E-state index contributed by atoms with van der Waals surface area (Å²) in [6.07, 6.45) is 0.573. The van der Waals surface area contributed by atoms with Gasteiger partial charge in [-0.15, -0.1) is 0 Å². The number of hydrogen-bond donors (Lipinski definition) is 1. The van der Waals surface area contributed by atoms with Crippen LogP contribution in [-0.4, -0.2) is 66.5 Å². The van der Waals surface area contributed by atoms with Crippen molar-refractivity contribution in [3.63, 3.8) is 0 Å². The second-order valence-electron chi connectivity index (χ2n) is 7.13. The van der Waals surface area contributed by atoms with E-state index in [0.717, 1.165) is 11.1 Å². The molecule has 0 aromatic heterocycles. The van der Waals surface area contributed by atoms with Crippen LogP contribution in [0.5, 0.6) is 11.5 Å². The zero-order valence-electron chi connectivity index (χ0n) is 16.4. The maximum atomic E-state index is 13.2. The lowest BCUT2D eigenvalue weighted by molar-refractivity contribution is -0.143. The maximum absolute atomic E-state index is 13.2. The number of rotatable bonds is 6. The highest BCUT2D eigenvalue weighted by molar-refractivity contribution is 5.90. The molecule has 3 rings (SSSR count). The third-order valence-corrected chi connectivity index (χ3v) is 5.60. The van der Waals surface area contributed by atoms with Gasteiger partial charge in [0, 0.05) is 26.1 Å². The van der Waals surface area contributed by atoms with E-state index in [2.05, 4.69) is 0 Å². The highest BCUT2D eigenvalue weighted by atomic mass is 16.5. The molecule has 2 amide bonds. The molecule has 2 unspecified atom stereocenters. The molecule has 8 heteroatoms. The van der Waals surface area contributed by atoms with E-state index in [1.54, 1.807) is 23.0 Å². The second kappa shape index (κ2) is 8.08. The quantitative estimate of drug-likeness (QED) is 0.790. The standard InChI is InChI=1S/C20H26N2O6/c1-4-21-11-13(8-18(21)23)20(26)22-6-5-12-7-16(27-2)17(28-3)9-14(12)15(22)10-19(24)25/h7,9,13,15H,4-6,8,10-11H2,1-3H3,(H,24,25). The number of amides is 2. The zero-order chi connectivity index (χ0) is 20.4. The summed E-state index contributed by atoms with van der Waals surface area (Å²) in [4.78, 5) is 40.1. The number of carboxylic acids is 1. The first-order chi connectivity index (χ1) is 13.4. The highest BCUT2D eigenvalue weighted by Gasteiger charge is 2.40. The number of nitrogens with zero attached hydrogens (tertiary/aromatic N) is 2. The molecular formula is C20H26N2O6. The van der Waals surface area contributed by atoms with Crippen molar-refractivity contribution >= 4 is 17.8 Å². The van der Waals surface area contributed by atoms with Crippen LogP contribution >= 0.6 is 0 Å². The van der Waals surface area contributed by atoms with Crippen LogP contribution in [0, 0.1) is 5.92 Å². The normalized spacial score (nSPS) is 21.5. The molecule has 1 N–H and O–H groups in total. The zero-order valence-corrected chi connectivity index (χ0v) is 16.4. The summed E-state index contributed by atoms with van der Waals surface area (Å²) in [5, 5.41) is 9.45. The summed E-state index contributed by atoms with van der Waals surface area (Å²) in [7, 11) is 3.07. The van der Waals surface area contributed by atoms with Gasteiger partial charge in [0.05, 0.1) is 32.6 Å². The molecule has 2 heterocycles. The minimum absolute atomic E-state index is 0.0283. The topological polar surface area (TPSA) is 96.4 Å². The predicted molar refractivity (Wildman–Crippen MR) is 100 cm³/mol. The molecule has 0 saturated carbocycles. The summed E-state index contributed by atoms with van der Waals surface area (Å²) in [5.41, 5.74) is 1.71. The Labute approximate surface area is 164 Å². The summed E-state index contributed by atoms with van der Waals surface area (Å²) in [6, 6.07) is 3.02. The van der Waals surface area contributed by atoms with Crippen LogP contribution in [-0.2, 0) is 20.8 Å². The monoisotopic (exact) mass is 390 g/mol. The van der Waals surface area contributed by atoms with Crippen molar-refractivity contribution in [2.75, 3.05) is 33.9 Å². The van der Waals surface area contributed by atoms with E-state index in [1.807, 2.05) is 13.0 Å². The summed E-state index contributed by atoms with van der Waals surface area (Å²) < 4.78 is 10.7. The van der Waals surface area contributed by atoms with Crippen molar-refractivity contribution < 1.29 is 29.0 Å². The van der Waals surface area contributed by atoms with Gasteiger partial charge in [0.2, 0.25) is 11.8 Å². The minimum Gasteiger partial charge on any atom is -0.493 e. The minimum atomic E-state index is -0.983. The summed E-state index contributed by atoms with van der Waals surface area (Å²) in [6.45, 7) is 3.26. The number of aliphatic carboxylic acids is 1. The number of ether oxygens (including phenoxy) is 2. The maximum Gasteiger partial charge on any atom is 0.305 e. The second-order valence-corrected chi connectivity index (χ2v) is 7.13. The SMILES string of the molecule is CCN1CC(C(=O)N2CCc3cc(OC)c(OC)cc3C2CC(=O)O)CC1=O. The lowest BCUT2D eigenvalue weighted by Crippen LogP contribution is -2.44. The Bertz CT molecular complexity index is 793. The van der Waals surface area contributed by atoms with Gasteiger partial charge in [-0.2, -0.15) is 0 Å². The lowest BCUT2D eigenvalue weighted by Gasteiger charge is -2.38. The average molecular weight is 390 g/mol. The number of methoxy groups -OCH3 is 2. The van der Waals surface area contributed by atoms with Crippen LogP contribution in [0.4, 0.5) is 0 Å². The van der Waals surface area contributed by atoms with Crippen LogP contribution in [0.2, 0.25) is 0 Å². The first-order valence-corrected chi connectivity index (χ1v) is 9.44. The van der Waals surface area contributed by atoms with Gasteiger partial charge >= 0.3 is 5.97 Å². The Balaban J connectivity index is 1.94. The van der Waals surface area contributed by atoms with E-state index in [9.17, 15) is 19.5 Å². The van der Waals surface area contributed by atoms with E-state index in [4.69, 9.17) is 9.47 Å². The number of hydrogen-bond acceptors (Lipinski definition) is 5. The summed E-state index contributed by atoms with van der Waals surface area (Å²) >= 11 is 0. The van der Waals surface area contributed by atoms with Gasteiger partial charge in [-0.05, 0) is 36.6 Å². The molecule has 0 spiro atoms. The number of carbonyl (C=O) groups is 3. The van der Waals surface area contributed by atoms with E-state index in [-0.39, 0.29) is 24.7 Å². The lowest BCUT2D eigenvalue weighted by atomic mass is 9.89. The summed E-state index contributed by atoms with van der Waals surface area (Å²) in [5.74, 6) is -0.516. The molecule has 0 radical (unpaired) electrons. The Kier molecular flexibility index (Phi) is 5.76. The fourth-order valence-corrected chi connectivity index (χ4v) is 4.16. The van der Waals surface area contributed by atoms with E-state index in [1.165, 1.54) is 7.11 Å². The number of fused-ring (bicyclic) bond motifs is 1. The molecule has 1 aromatic carbocycles. The van der Waals surface area contributed by atoms with Crippen LogP contribution in [0.1, 0.15) is 36.9 Å². The number of carbonyl (C=O) groups excluding carboxylic acids is 2. The molecule has 0 aliphatic carbocycles. The third kappa shape index (κ3) is 3.63. The highest BCUT2D eigenvalue weighted by Crippen LogP contribution is 2.40. The number of benzene rings is 1. The third-order valence-electron chi connectivity index (χ3n) is 5.60. The first-order valence-electron chi connectivity index (χ1n) is 9.44. The fraction of sp³-hybridized carbons (Fsp3) is 0.550. The van der Waals surface area contributed by atoms with Crippen LogP contribution in [0.15, 0.2) is 12.1 Å². The van der Waals surface area contributed by atoms with E-state index in [0.29, 0.717) is 37.6 Å². The average Bonchev–Trinajstić information content (AvgIpc) is 3.07. The van der Waals surface area contributed by atoms with Crippen molar-refractivity contribution in [2.45, 2.75) is 32.2 Å². The molecular weight excluding hydrogens is 364 g/mol. The molecule has 2 aliphatic rings. The molecule has 28 heavy (non-hydrogen) atoms. The van der Waals surface area contributed by atoms with E-state index < -0.39 is 17.9 Å². The molecule has 1 fully saturated rings. The largest absolute Gasteiger partial charge is 0.493 e. The molecule has 0 bridgehead atoms. The Morgan fingerprint density at radius 1 is 1.21 bits per heavy atom. The van der Waals surface area contributed by atoms with Crippen molar-refractivity contribution in [1.29, 1.82) is 0 Å². The van der Waals surface area contributed by atoms with Gasteiger partial charge in [0.15, 0.2) is 11.5 Å². The van der Waals surface area contributed by atoms with Gasteiger partial charge in [0.25, 0.3) is 0 Å². The molecule has 152 valence electrons. The molecule has 1 aromatic rings. The predicted octanol–water partition coefficient (Wildman–Crippen LogP) is 1.47.